The molecule has 1 atom stereocenters. The molecule has 1 aliphatic rings. The van der Waals surface area contributed by atoms with E-state index < -0.39 is 0 Å². The van der Waals surface area contributed by atoms with Gasteiger partial charge in [-0.2, -0.15) is 0 Å². The molecule has 0 amide bonds. The lowest BCUT2D eigenvalue weighted by Gasteiger charge is -2.37. The summed E-state index contributed by atoms with van der Waals surface area (Å²) in [7, 11) is 1.62. The van der Waals surface area contributed by atoms with Gasteiger partial charge >= 0.3 is 0 Å². The summed E-state index contributed by atoms with van der Waals surface area (Å²) in [5.74, 6) is 0.700. The Balaban J connectivity index is 2.05. The first-order valence-corrected chi connectivity index (χ1v) is 7.96. The third-order valence-electron chi connectivity index (χ3n) is 4.10. The molecule has 0 bridgehead atoms. The number of methoxy groups -OCH3 is 1. The Bertz CT molecular complexity index is 448. The normalized spacial score (nSPS) is 18.7. The van der Waals surface area contributed by atoms with Gasteiger partial charge in [-0.1, -0.05) is 17.7 Å². The molecule has 1 saturated heterocycles. The van der Waals surface area contributed by atoms with E-state index in [0.29, 0.717) is 23.4 Å². The van der Waals surface area contributed by atoms with Crippen LogP contribution in [0, 0.1) is 0 Å². The molecule has 1 unspecified atom stereocenters. The fourth-order valence-corrected chi connectivity index (χ4v) is 3.24. The molecule has 1 aromatic rings. The average molecular weight is 313 g/mol. The Kier molecular flexibility index (Phi) is 6.30. The first kappa shape index (κ1) is 16.6. The molecule has 2 N–H and O–H groups in total. The van der Waals surface area contributed by atoms with E-state index in [1.807, 2.05) is 12.1 Å². The van der Waals surface area contributed by atoms with Crippen molar-refractivity contribution in [3.8, 4) is 5.75 Å². The van der Waals surface area contributed by atoms with E-state index in [1.54, 1.807) is 7.11 Å². The monoisotopic (exact) mass is 312 g/mol. The van der Waals surface area contributed by atoms with Gasteiger partial charge in [-0.3, -0.25) is 4.90 Å². The van der Waals surface area contributed by atoms with Gasteiger partial charge in [-0.05, 0) is 37.5 Å². The number of hydrogen-bond donors (Lipinski definition) is 1. The van der Waals surface area contributed by atoms with Crippen molar-refractivity contribution in [2.75, 3.05) is 33.4 Å². The average Bonchev–Trinajstić information content (AvgIpc) is 2.50. The minimum Gasteiger partial charge on any atom is -0.495 e. The molecule has 1 aromatic carbocycles. The molecular weight excluding hydrogens is 288 g/mol. The van der Waals surface area contributed by atoms with Crippen molar-refractivity contribution in [3.05, 3.63) is 28.8 Å². The Labute approximate surface area is 132 Å². The number of piperidine rings is 1. The van der Waals surface area contributed by atoms with E-state index in [-0.39, 0.29) is 6.04 Å². The SMILES string of the molecule is CCOC1CCN(C(CN)c2ccc(OC)c(Cl)c2)CC1. The topological polar surface area (TPSA) is 47.7 Å². The number of likely N-dealkylation sites (tertiary alicyclic amines) is 1. The van der Waals surface area contributed by atoms with E-state index in [9.17, 15) is 0 Å². The zero-order chi connectivity index (χ0) is 15.2. The first-order valence-electron chi connectivity index (χ1n) is 7.58. The van der Waals surface area contributed by atoms with Crippen molar-refractivity contribution in [1.29, 1.82) is 0 Å². The highest BCUT2D eigenvalue weighted by Gasteiger charge is 2.25. The van der Waals surface area contributed by atoms with Crippen LogP contribution in [0.5, 0.6) is 5.75 Å². The fourth-order valence-electron chi connectivity index (χ4n) is 2.98. The van der Waals surface area contributed by atoms with Crippen LogP contribution in [0.1, 0.15) is 31.4 Å². The Hall–Kier alpha value is -0.810. The van der Waals surface area contributed by atoms with Crippen molar-refractivity contribution in [2.45, 2.75) is 31.9 Å². The van der Waals surface area contributed by atoms with Crippen LogP contribution < -0.4 is 10.5 Å². The molecule has 0 radical (unpaired) electrons. The summed E-state index contributed by atoms with van der Waals surface area (Å²) in [6.07, 6.45) is 2.52. The lowest BCUT2D eigenvalue weighted by atomic mass is 10.0. The van der Waals surface area contributed by atoms with Gasteiger partial charge in [0.2, 0.25) is 0 Å². The lowest BCUT2D eigenvalue weighted by molar-refractivity contribution is 0.00452. The number of halogens is 1. The quantitative estimate of drug-likeness (QED) is 0.877. The van der Waals surface area contributed by atoms with Crippen LogP contribution >= 0.6 is 11.6 Å². The summed E-state index contributed by atoms with van der Waals surface area (Å²) in [4.78, 5) is 2.42. The second-order valence-corrected chi connectivity index (χ2v) is 5.74. The van der Waals surface area contributed by atoms with Gasteiger partial charge in [0.15, 0.2) is 0 Å². The number of hydrogen-bond acceptors (Lipinski definition) is 4. The van der Waals surface area contributed by atoms with E-state index >= 15 is 0 Å². The van der Waals surface area contributed by atoms with Crippen LogP contribution in [-0.4, -0.2) is 44.4 Å². The van der Waals surface area contributed by atoms with Crippen molar-refractivity contribution in [3.63, 3.8) is 0 Å². The second-order valence-electron chi connectivity index (χ2n) is 5.34. The molecule has 1 heterocycles. The molecule has 1 fully saturated rings. The lowest BCUT2D eigenvalue weighted by Crippen LogP contribution is -2.41. The zero-order valence-corrected chi connectivity index (χ0v) is 13.6. The van der Waals surface area contributed by atoms with Crippen molar-refractivity contribution < 1.29 is 9.47 Å². The molecule has 0 aromatic heterocycles. The predicted molar refractivity (Wildman–Crippen MR) is 86.0 cm³/mol. The van der Waals surface area contributed by atoms with Crippen LogP contribution in [0.25, 0.3) is 0 Å². The Morgan fingerprint density at radius 3 is 2.62 bits per heavy atom. The maximum Gasteiger partial charge on any atom is 0.137 e. The van der Waals surface area contributed by atoms with Crippen molar-refractivity contribution >= 4 is 11.6 Å². The summed E-state index contributed by atoms with van der Waals surface area (Å²) in [6.45, 7) is 5.45. The van der Waals surface area contributed by atoms with Crippen LogP contribution in [0.15, 0.2) is 18.2 Å². The molecule has 118 valence electrons. The fraction of sp³-hybridized carbons (Fsp3) is 0.625. The predicted octanol–water partition coefficient (Wildman–Crippen LogP) is 2.85. The molecule has 4 nitrogen and oxygen atoms in total. The molecule has 0 aliphatic carbocycles. The van der Waals surface area contributed by atoms with Crippen molar-refractivity contribution in [2.24, 2.45) is 5.73 Å². The minimum absolute atomic E-state index is 0.205. The molecule has 2 rings (SSSR count). The van der Waals surface area contributed by atoms with E-state index in [2.05, 4.69) is 17.9 Å². The van der Waals surface area contributed by atoms with Crippen LogP contribution in [0.2, 0.25) is 5.02 Å². The number of benzene rings is 1. The smallest absolute Gasteiger partial charge is 0.137 e. The van der Waals surface area contributed by atoms with E-state index in [1.165, 1.54) is 0 Å². The Morgan fingerprint density at radius 1 is 1.38 bits per heavy atom. The number of ether oxygens (including phenoxy) is 2. The van der Waals surface area contributed by atoms with Gasteiger partial charge in [-0.15, -0.1) is 0 Å². The maximum absolute atomic E-state index is 6.23. The molecule has 1 aliphatic heterocycles. The third-order valence-corrected chi connectivity index (χ3v) is 4.40. The molecule has 5 heteroatoms. The van der Waals surface area contributed by atoms with Gasteiger partial charge in [0.05, 0.1) is 18.2 Å². The van der Waals surface area contributed by atoms with Crippen LogP contribution in [0.4, 0.5) is 0 Å². The van der Waals surface area contributed by atoms with Gasteiger partial charge in [0.1, 0.15) is 5.75 Å². The molecule has 0 saturated carbocycles. The number of rotatable bonds is 6. The van der Waals surface area contributed by atoms with Crippen molar-refractivity contribution in [1.82, 2.24) is 4.90 Å². The van der Waals surface area contributed by atoms with E-state index in [4.69, 9.17) is 26.8 Å². The zero-order valence-electron chi connectivity index (χ0n) is 12.8. The van der Waals surface area contributed by atoms with Gasteiger partial charge < -0.3 is 15.2 Å². The minimum atomic E-state index is 0.205. The van der Waals surface area contributed by atoms with Crippen LogP contribution in [0.3, 0.4) is 0 Å². The van der Waals surface area contributed by atoms with Gasteiger partial charge in [0, 0.05) is 32.3 Å². The van der Waals surface area contributed by atoms with Gasteiger partial charge in [0.25, 0.3) is 0 Å². The summed E-state index contributed by atoms with van der Waals surface area (Å²) < 4.78 is 10.9. The molecular formula is C16H25ClN2O2. The highest BCUT2D eigenvalue weighted by atomic mass is 35.5. The maximum atomic E-state index is 6.23. The highest BCUT2D eigenvalue weighted by Crippen LogP contribution is 2.31. The highest BCUT2D eigenvalue weighted by molar-refractivity contribution is 6.32. The number of nitrogens with zero attached hydrogens (tertiary/aromatic N) is 1. The standard InChI is InChI=1S/C16H25ClN2O2/c1-3-21-13-6-8-19(9-7-13)15(11-18)12-4-5-16(20-2)14(17)10-12/h4-5,10,13,15H,3,6-9,11,18H2,1-2H3. The second kappa shape index (κ2) is 7.99. The summed E-state index contributed by atoms with van der Waals surface area (Å²) in [5.41, 5.74) is 7.15. The third kappa shape index (κ3) is 4.10. The molecule has 0 spiro atoms. The summed E-state index contributed by atoms with van der Waals surface area (Å²) >= 11 is 6.23. The molecule has 21 heavy (non-hydrogen) atoms. The van der Waals surface area contributed by atoms with Crippen LogP contribution in [-0.2, 0) is 4.74 Å². The number of nitrogens with two attached hydrogens (primary N) is 1. The first-order chi connectivity index (χ1) is 10.2. The summed E-state index contributed by atoms with van der Waals surface area (Å²) in [6, 6.07) is 6.13. The Morgan fingerprint density at radius 2 is 2.10 bits per heavy atom. The largest absolute Gasteiger partial charge is 0.495 e. The van der Waals surface area contributed by atoms with E-state index in [0.717, 1.165) is 38.1 Å². The van der Waals surface area contributed by atoms with Gasteiger partial charge in [-0.25, -0.2) is 0 Å². The summed E-state index contributed by atoms with van der Waals surface area (Å²) in [5, 5.41) is 0.637.